The summed E-state index contributed by atoms with van der Waals surface area (Å²) in [7, 11) is 0. The zero-order chi connectivity index (χ0) is 12.1. The Balaban J connectivity index is 2.42. The molecule has 0 radical (unpaired) electrons. The molecule has 1 saturated carbocycles. The van der Waals surface area contributed by atoms with Gasteiger partial charge in [-0.25, -0.2) is 0 Å². The van der Waals surface area contributed by atoms with Crippen LogP contribution in [0, 0.1) is 17.8 Å². The van der Waals surface area contributed by atoms with Gasteiger partial charge in [0.2, 0.25) is 0 Å². The van der Waals surface area contributed by atoms with E-state index in [0.717, 1.165) is 38.0 Å². The largest absolute Gasteiger partial charge is 0.321 e. The van der Waals surface area contributed by atoms with Crippen LogP contribution in [0.4, 0.5) is 0 Å². The predicted octanol–water partition coefficient (Wildman–Crippen LogP) is 3.15. The molecule has 16 heavy (non-hydrogen) atoms. The van der Waals surface area contributed by atoms with E-state index in [9.17, 15) is 4.79 Å². The number of rotatable bonds is 5. The highest BCUT2D eigenvalue weighted by Crippen LogP contribution is 2.34. The maximum absolute atomic E-state index is 12.1. The van der Waals surface area contributed by atoms with Gasteiger partial charge in [0.05, 0.1) is 6.04 Å². The van der Waals surface area contributed by atoms with Crippen molar-refractivity contribution in [1.29, 1.82) is 0 Å². The van der Waals surface area contributed by atoms with Crippen LogP contribution in [0.25, 0.3) is 0 Å². The summed E-state index contributed by atoms with van der Waals surface area (Å²) in [5, 5.41) is 0. The Morgan fingerprint density at radius 1 is 1.31 bits per heavy atom. The molecule has 94 valence electrons. The molecule has 1 rings (SSSR count). The van der Waals surface area contributed by atoms with Crippen LogP contribution in [0.5, 0.6) is 0 Å². The molecule has 2 heteroatoms. The van der Waals surface area contributed by atoms with E-state index in [1.165, 1.54) is 6.42 Å². The first kappa shape index (κ1) is 13.7. The standard InChI is InChI=1S/C14H27NO/c1-4-5-6-13(15)14(16)12-8-7-10(2)11(3)9-12/h10-13H,4-9,15H2,1-3H3. The highest BCUT2D eigenvalue weighted by Gasteiger charge is 2.31. The van der Waals surface area contributed by atoms with Crippen molar-refractivity contribution in [3.8, 4) is 0 Å². The Morgan fingerprint density at radius 2 is 2.00 bits per heavy atom. The quantitative estimate of drug-likeness (QED) is 0.781. The second-order valence-corrected chi connectivity index (χ2v) is 5.62. The third kappa shape index (κ3) is 3.58. The van der Waals surface area contributed by atoms with Crippen LogP contribution in [-0.2, 0) is 4.79 Å². The normalized spacial score (nSPS) is 32.4. The molecule has 0 heterocycles. The zero-order valence-electron chi connectivity index (χ0n) is 11.0. The van der Waals surface area contributed by atoms with Crippen molar-refractivity contribution in [2.24, 2.45) is 23.5 Å². The number of carbonyl (C=O) groups is 1. The molecule has 4 unspecified atom stereocenters. The molecular formula is C14H27NO. The van der Waals surface area contributed by atoms with E-state index < -0.39 is 0 Å². The van der Waals surface area contributed by atoms with Crippen molar-refractivity contribution in [2.75, 3.05) is 0 Å². The second kappa shape index (κ2) is 6.39. The molecule has 0 aliphatic heterocycles. The second-order valence-electron chi connectivity index (χ2n) is 5.62. The minimum Gasteiger partial charge on any atom is -0.321 e. The number of hydrogen-bond donors (Lipinski definition) is 1. The van der Waals surface area contributed by atoms with E-state index in [1.807, 2.05) is 0 Å². The topological polar surface area (TPSA) is 43.1 Å². The summed E-state index contributed by atoms with van der Waals surface area (Å²) >= 11 is 0. The molecule has 1 fully saturated rings. The molecule has 0 bridgehead atoms. The van der Waals surface area contributed by atoms with Gasteiger partial charge in [0.15, 0.2) is 5.78 Å². The average Bonchev–Trinajstić information content (AvgIpc) is 2.28. The number of unbranched alkanes of at least 4 members (excludes halogenated alkanes) is 1. The van der Waals surface area contributed by atoms with Crippen molar-refractivity contribution in [1.82, 2.24) is 0 Å². The first-order valence-corrected chi connectivity index (χ1v) is 6.85. The Morgan fingerprint density at radius 3 is 2.56 bits per heavy atom. The summed E-state index contributed by atoms with van der Waals surface area (Å²) in [5.74, 6) is 2.03. The Bertz CT molecular complexity index is 227. The van der Waals surface area contributed by atoms with Crippen LogP contribution in [0.1, 0.15) is 59.3 Å². The lowest BCUT2D eigenvalue weighted by Gasteiger charge is -2.32. The summed E-state index contributed by atoms with van der Waals surface area (Å²) in [6.45, 7) is 6.70. The van der Waals surface area contributed by atoms with Gasteiger partial charge in [-0.3, -0.25) is 4.79 Å². The molecule has 0 aromatic carbocycles. The highest BCUT2D eigenvalue weighted by molar-refractivity contribution is 5.86. The van der Waals surface area contributed by atoms with E-state index in [-0.39, 0.29) is 12.0 Å². The Kier molecular flexibility index (Phi) is 5.47. The lowest BCUT2D eigenvalue weighted by molar-refractivity contribution is -0.126. The smallest absolute Gasteiger partial charge is 0.152 e. The van der Waals surface area contributed by atoms with Crippen LogP contribution < -0.4 is 5.73 Å². The lowest BCUT2D eigenvalue weighted by Crippen LogP contribution is -2.38. The highest BCUT2D eigenvalue weighted by atomic mass is 16.1. The molecule has 0 aromatic heterocycles. The minimum absolute atomic E-state index is 0.203. The van der Waals surface area contributed by atoms with E-state index >= 15 is 0 Å². The number of nitrogens with two attached hydrogens (primary N) is 1. The fourth-order valence-corrected chi connectivity index (χ4v) is 2.67. The van der Waals surface area contributed by atoms with Gasteiger partial charge in [-0.15, -0.1) is 0 Å². The van der Waals surface area contributed by atoms with E-state index in [1.54, 1.807) is 0 Å². The molecule has 1 aliphatic rings. The molecular weight excluding hydrogens is 198 g/mol. The van der Waals surface area contributed by atoms with Gasteiger partial charge in [0.1, 0.15) is 0 Å². The molecule has 0 amide bonds. The molecule has 1 aliphatic carbocycles. The fourth-order valence-electron chi connectivity index (χ4n) is 2.67. The minimum atomic E-state index is -0.203. The van der Waals surface area contributed by atoms with Crippen LogP contribution in [0.2, 0.25) is 0 Å². The summed E-state index contributed by atoms with van der Waals surface area (Å²) in [6, 6.07) is -0.203. The third-order valence-electron chi connectivity index (χ3n) is 4.23. The first-order chi connectivity index (χ1) is 7.56. The van der Waals surface area contributed by atoms with E-state index in [4.69, 9.17) is 5.73 Å². The number of ketones is 1. The maximum atomic E-state index is 12.1. The van der Waals surface area contributed by atoms with E-state index in [0.29, 0.717) is 11.7 Å². The number of hydrogen-bond acceptors (Lipinski definition) is 2. The third-order valence-corrected chi connectivity index (χ3v) is 4.23. The van der Waals surface area contributed by atoms with Crippen molar-refractivity contribution in [3.63, 3.8) is 0 Å². The van der Waals surface area contributed by atoms with Crippen molar-refractivity contribution < 1.29 is 4.79 Å². The zero-order valence-corrected chi connectivity index (χ0v) is 11.0. The molecule has 0 aromatic rings. The van der Waals surface area contributed by atoms with Crippen molar-refractivity contribution >= 4 is 5.78 Å². The maximum Gasteiger partial charge on any atom is 0.152 e. The summed E-state index contributed by atoms with van der Waals surface area (Å²) in [6.07, 6.45) is 6.38. The van der Waals surface area contributed by atoms with Crippen molar-refractivity contribution in [3.05, 3.63) is 0 Å². The molecule has 2 N–H and O–H groups in total. The van der Waals surface area contributed by atoms with Crippen LogP contribution in [0.15, 0.2) is 0 Å². The molecule has 0 spiro atoms. The predicted molar refractivity (Wildman–Crippen MR) is 68.2 cm³/mol. The van der Waals surface area contributed by atoms with Gasteiger partial charge in [-0.05, 0) is 37.5 Å². The summed E-state index contributed by atoms with van der Waals surface area (Å²) < 4.78 is 0. The molecule has 2 nitrogen and oxygen atoms in total. The molecule has 0 saturated heterocycles. The monoisotopic (exact) mass is 225 g/mol. The van der Waals surface area contributed by atoms with Crippen LogP contribution in [-0.4, -0.2) is 11.8 Å². The lowest BCUT2D eigenvalue weighted by atomic mass is 9.73. The average molecular weight is 225 g/mol. The fraction of sp³-hybridized carbons (Fsp3) is 0.929. The van der Waals surface area contributed by atoms with Gasteiger partial charge >= 0.3 is 0 Å². The Hall–Kier alpha value is -0.370. The summed E-state index contributed by atoms with van der Waals surface area (Å²) in [5.41, 5.74) is 5.96. The van der Waals surface area contributed by atoms with Crippen LogP contribution >= 0.6 is 0 Å². The van der Waals surface area contributed by atoms with Gasteiger partial charge in [0.25, 0.3) is 0 Å². The number of carbonyl (C=O) groups excluding carboxylic acids is 1. The number of Topliss-reactive ketones (excluding diaryl/α,β-unsaturated/α-hetero) is 1. The first-order valence-electron chi connectivity index (χ1n) is 6.85. The van der Waals surface area contributed by atoms with Crippen molar-refractivity contribution in [2.45, 2.75) is 65.3 Å². The SMILES string of the molecule is CCCCC(N)C(=O)C1CCC(C)C(C)C1. The Labute approximate surface area is 100.0 Å². The van der Waals surface area contributed by atoms with Gasteiger partial charge in [-0.1, -0.05) is 33.6 Å². The van der Waals surface area contributed by atoms with E-state index in [2.05, 4.69) is 20.8 Å². The van der Waals surface area contributed by atoms with Gasteiger partial charge < -0.3 is 5.73 Å². The van der Waals surface area contributed by atoms with Gasteiger partial charge in [0, 0.05) is 5.92 Å². The summed E-state index contributed by atoms with van der Waals surface area (Å²) in [4.78, 5) is 12.1. The van der Waals surface area contributed by atoms with Crippen LogP contribution in [0.3, 0.4) is 0 Å². The molecule has 4 atom stereocenters. The van der Waals surface area contributed by atoms with Gasteiger partial charge in [-0.2, -0.15) is 0 Å².